The number of hydrogen-bond donors (Lipinski definition) is 2. The molecule has 2 atom stereocenters. The number of nitrogens with zero attached hydrogens (tertiary/aromatic N) is 2. The Morgan fingerprint density at radius 3 is 3.00 bits per heavy atom. The zero-order chi connectivity index (χ0) is 13.4. The van der Waals surface area contributed by atoms with Crippen LogP contribution in [0.3, 0.4) is 0 Å². The van der Waals surface area contributed by atoms with E-state index in [0.717, 1.165) is 18.7 Å². The second-order valence-corrected chi connectivity index (χ2v) is 5.38. The first-order chi connectivity index (χ1) is 9.15. The molecule has 102 valence electrons. The minimum atomic E-state index is -0.217. The van der Waals surface area contributed by atoms with Crippen LogP contribution >= 0.6 is 0 Å². The van der Waals surface area contributed by atoms with Gasteiger partial charge in [-0.15, -0.1) is 0 Å². The number of likely N-dealkylation sites (tertiary alicyclic amines) is 1. The van der Waals surface area contributed by atoms with Gasteiger partial charge < -0.3 is 15.2 Å². The molecule has 1 saturated carbocycles. The first kappa shape index (κ1) is 12.2. The molecule has 0 radical (unpaired) electrons. The van der Waals surface area contributed by atoms with Crippen molar-refractivity contribution in [2.24, 2.45) is 5.92 Å². The Kier molecular flexibility index (Phi) is 3.00. The summed E-state index contributed by atoms with van der Waals surface area (Å²) in [6.07, 6.45) is 5.90. The van der Waals surface area contributed by atoms with E-state index in [-0.39, 0.29) is 23.8 Å². The minimum absolute atomic E-state index is 0.0552. The van der Waals surface area contributed by atoms with Crippen LogP contribution in [0.4, 0.5) is 0 Å². The normalized spacial score (nSPS) is 24.6. The summed E-state index contributed by atoms with van der Waals surface area (Å²) in [5.41, 5.74) is 0. The molecule has 2 unspecified atom stereocenters. The average molecular weight is 262 g/mol. The van der Waals surface area contributed by atoms with Gasteiger partial charge in [0, 0.05) is 31.4 Å². The molecule has 2 aliphatic rings. The summed E-state index contributed by atoms with van der Waals surface area (Å²) in [4.78, 5) is 32.9. The van der Waals surface area contributed by atoms with Crippen molar-refractivity contribution >= 4 is 11.8 Å². The minimum Gasteiger partial charge on any atom is -0.347 e. The highest BCUT2D eigenvalue weighted by Crippen LogP contribution is 2.32. The molecule has 0 spiro atoms. The number of aromatic nitrogens is 2. The van der Waals surface area contributed by atoms with E-state index in [1.54, 1.807) is 12.4 Å². The molecule has 1 saturated heterocycles. The molecule has 2 fully saturated rings. The molecule has 3 rings (SSSR count). The second kappa shape index (κ2) is 4.68. The Labute approximate surface area is 111 Å². The smallest absolute Gasteiger partial charge is 0.226 e. The lowest BCUT2D eigenvalue weighted by molar-refractivity contribution is -0.129. The predicted octanol–water partition coefficient (Wildman–Crippen LogP) is 0.598. The van der Waals surface area contributed by atoms with Gasteiger partial charge in [0.15, 0.2) is 0 Å². The van der Waals surface area contributed by atoms with Gasteiger partial charge in [-0.1, -0.05) is 0 Å². The number of amides is 2. The van der Waals surface area contributed by atoms with Crippen molar-refractivity contribution in [3.8, 4) is 0 Å². The number of aromatic amines is 1. The topological polar surface area (TPSA) is 78.1 Å². The first-order valence-electron chi connectivity index (χ1n) is 6.74. The van der Waals surface area contributed by atoms with Gasteiger partial charge in [0.25, 0.3) is 0 Å². The Hall–Kier alpha value is -1.85. The summed E-state index contributed by atoms with van der Waals surface area (Å²) in [6, 6.07) is 0.236. The summed E-state index contributed by atoms with van der Waals surface area (Å²) < 4.78 is 0. The summed E-state index contributed by atoms with van der Waals surface area (Å²) in [5, 5.41) is 2.91. The summed E-state index contributed by atoms with van der Waals surface area (Å²) >= 11 is 0. The van der Waals surface area contributed by atoms with Crippen molar-refractivity contribution in [1.82, 2.24) is 20.2 Å². The van der Waals surface area contributed by atoms with Crippen LogP contribution in [0.25, 0.3) is 0 Å². The molecular weight excluding hydrogens is 244 g/mol. The van der Waals surface area contributed by atoms with E-state index >= 15 is 0 Å². The van der Waals surface area contributed by atoms with E-state index in [1.165, 1.54) is 0 Å². The molecule has 2 heterocycles. The molecule has 0 bridgehead atoms. The van der Waals surface area contributed by atoms with Crippen molar-refractivity contribution in [2.75, 3.05) is 6.54 Å². The Morgan fingerprint density at radius 1 is 1.58 bits per heavy atom. The number of rotatable bonds is 4. The van der Waals surface area contributed by atoms with Gasteiger partial charge in [0.1, 0.15) is 5.82 Å². The van der Waals surface area contributed by atoms with E-state index < -0.39 is 0 Å². The molecule has 19 heavy (non-hydrogen) atoms. The fourth-order valence-corrected chi connectivity index (χ4v) is 2.56. The Bertz CT molecular complexity index is 481. The quantitative estimate of drug-likeness (QED) is 0.834. The zero-order valence-electron chi connectivity index (χ0n) is 10.9. The lowest BCUT2D eigenvalue weighted by atomic mass is 10.1. The van der Waals surface area contributed by atoms with Gasteiger partial charge in [0.05, 0.1) is 12.0 Å². The molecule has 2 N–H and O–H groups in total. The number of carbonyl (C=O) groups is 2. The van der Waals surface area contributed by atoms with Crippen molar-refractivity contribution in [3.05, 3.63) is 18.2 Å². The summed E-state index contributed by atoms with van der Waals surface area (Å²) in [7, 11) is 0. The van der Waals surface area contributed by atoms with Crippen LogP contribution in [0.15, 0.2) is 12.4 Å². The van der Waals surface area contributed by atoms with Gasteiger partial charge in [-0.3, -0.25) is 9.59 Å². The Balaban J connectivity index is 1.57. The molecule has 6 heteroatoms. The van der Waals surface area contributed by atoms with Gasteiger partial charge in [-0.25, -0.2) is 4.98 Å². The van der Waals surface area contributed by atoms with Gasteiger partial charge in [-0.05, 0) is 19.8 Å². The standard InChI is InChI=1S/C13H18N4O2/c1-8(12-14-4-5-15-12)16-13(19)9-6-11(18)17(7-9)10-2-3-10/h4-5,8-10H,2-3,6-7H2,1H3,(H,14,15)(H,16,19). The maximum atomic E-state index is 12.2. The second-order valence-electron chi connectivity index (χ2n) is 5.38. The van der Waals surface area contributed by atoms with Gasteiger partial charge >= 0.3 is 0 Å². The number of carbonyl (C=O) groups excluding carboxylic acids is 2. The van der Waals surface area contributed by atoms with Crippen molar-refractivity contribution in [3.63, 3.8) is 0 Å². The monoisotopic (exact) mass is 262 g/mol. The molecule has 1 aliphatic carbocycles. The predicted molar refractivity (Wildman–Crippen MR) is 68.0 cm³/mol. The molecule has 6 nitrogen and oxygen atoms in total. The largest absolute Gasteiger partial charge is 0.347 e. The molecule has 2 amide bonds. The van der Waals surface area contributed by atoms with Crippen LogP contribution in [-0.4, -0.2) is 39.3 Å². The van der Waals surface area contributed by atoms with Crippen LogP contribution < -0.4 is 5.32 Å². The van der Waals surface area contributed by atoms with E-state index in [1.807, 2.05) is 11.8 Å². The molecule has 1 aliphatic heterocycles. The zero-order valence-corrected chi connectivity index (χ0v) is 10.9. The highest BCUT2D eigenvalue weighted by molar-refractivity contribution is 5.89. The van der Waals surface area contributed by atoms with Crippen molar-refractivity contribution in [1.29, 1.82) is 0 Å². The van der Waals surface area contributed by atoms with Gasteiger partial charge in [0.2, 0.25) is 11.8 Å². The van der Waals surface area contributed by atoms with E-state index in [2.05, 4.69) is 15.3 Å². The summed E-state index contributed by atoms with van der Waals surface area (Å²) in [5.74, 6) is 0.580. The fourth-order valence-electron chi connectivity index (χ4n) is 2.56. The number of nitrogens with one attached hydrogen (secondary N) is 2. The highest BCUT2D eigenvalue weighted by Gasteiger charge is 2.41. The van der Waals surface area contributed by atoms with Crippen LogP contribution in [0.5, 0.6) is 0 Å². The van der Waals surface area contributed by atoms with Crippen molar-refractivity contribution in [2.45, 2.75) is 38.3 Å². The Morgan fingerprint density at radius 2 is 2.37 bits per heavy atom. The molecule has 1 aromatic rings. The maximum Gasteiger partial charge on any atom is 0.226 e. The molecule has 0 aromatic carbocycles. The first-order valence-corrected chi connectivity index (χ1v) is 6.74. The third-order valence-corrected chi connectivity index (χ3v) is 3.81. The van der Waals surface area contributed by atoms with Gasteiger partial charge in [-0.2, -0.15) is 0 Å². The van der Waals surface area contributed by atoms with Crippen LogP contribution in [0, 0.1) is 5.92 Å². The van der Waals surface area contributed by atoms with Crippen molar-refractivity contribution < 1.29 is 9.59 Å². The van der Waals surface area contributed by atoms with E-state index in [0.29, 0.717) is 19.0 Å². The van der Waals surface area contributed by atoms with E-state index in [4.69, 9.17) is 0 Å². The van der Waals surface area contributed by atoms with Crippen LogP contribution in [-0.2, 0) is 9.59 Å². The van der Waals surface area contributed by atoms with E-state index in [9.17, 15) is 9.59 Å². The van der Waals surface area contributed by atoms with Crippen LogP contribution in [0.1, 0.15) is 38.1 Å². The third kappa shape index (κ3) is 2.47. The summed E-state index contributed by atoms with van der Waals surface area (Å²) in [6.45, 7) is 2.45. The lowest BCUT2D eigenvalue weighted by Gasteiger charge is -2.17. The number of hydrogen-bond acceptors (Lipinski definition) is 3. The third-order valence-electron chi connectivity index (χ3n) is 3.81. The molecule has 1 aromatic heterocycles. The maximum absolute atomic E-state index is 12.2. The van der Waals surface area contributed by atoms with Crippen LogP contribution in [0.2, 0.25) is 0 Å². The average Bonchev–Trinajstić information content (AvgIpc) is 2.92. The SMILES string of the molecule is CC(NC(=O)C1CC(=O)N(C2CC2)C1)c1ncc[nH]1. The number of imidazole rings is 1. The molecular formula is C13H18N4O2. The lowest BCUT2D eigenvalue weighted by Crippen LogP contribution is -2.35. The fraction of sp³-hybridized carbons (Fsp3) is 0.615. The number of H-pyrrole nitrogens is 1. The highest BCUT2D eigenvalue weighted by atomic mass is 16.2.